The lowest BCUT2D eigenvalue weighted by atomic mass is 9.62. The van der Waals surface area contributed by atoms with Gasteiger partial charge in [-0.1, -0.05) is 37.6 Å². The van der Waals surface area contributed by atoms with Crippen molar-refractivity contribution in [2.75, 3.05) is 7.05 Å². The van der Waals surface area contributed by atoms with Crippen LogP contribution in [-0.2, 0) is 4.79 Å². The summed E-state index contributed by atoms with van der Waals surface area (Å²) < 4.78 is 0. The van der Waals surface area contributed by atoms with Gasteiger partial charge in [0.15, 0.2) is 0 Å². The number of aliphatic hydroxyl groups excluding tert-OH is 1. The minimum atomic E-state index is -0.458. The van der Waals surface area contributed by atoms with Gasteiger partial charge < -0.3 is 10.0 Å². The van der Waals surface area contributed by atoms with Crippen LogP contribution in [0, 0.1) is 11.3 Å². The van der Waals surface area contributed by atoms with E-state index in [2.05, 4.69) is 27.4 Å². The Kier molecular flexibility index (Phi) is 4.50. The summed E-state index contributed by atoms with van der Waals surface area (Å²) in [4.78, 5) is 14.7. The first kappa shape index (κ1) is 17.5. The minimum absolute atomic E-state index is 0.0526. The average Bonchev–Trinajstić information content (AvgIpc) is 2.71. The summed E-state index contributed by atoms with van der Waals surface area (Å²) in [6.07, 6.45) is 7.04. The highest BCUT2D eigenvalue weighted by molar-refractivity contribution is 5.98. The maximum atomic E-state index is 12.8. The SMILES string of the molecule is C=C1CC[C@@H]2CCC3=C([C@@H](C/C(C)=C/[C@@H](O)C1)N(C)C3=O)C2(C)C. The zero-order valence-corrected chi connectivity index (χ0v) is 15.6. The number of fused-ring (bicyclic) bond motifs is 1. The Morgan fingerprint density at radius 2 is 1.92 bits per heavy atom. The summed E-state index contributed by atoms with van der Waals surface area (Å²) in [5.74, 6) is 0.796. The molecule has 1 heterocycles. The number of rotatable bonds is 0. The normalized spacial score (nSPS) is 36.1. The van der Waals surface area contributed by atoms with Crippen LogP contribution in [0.2, 0.25) is 0 Å². The second-order valence-corrected chi connectivity index (χ2v) is 8.56. The molecule has 1 N–H and O–H groups in total. The highest BCUT2D eigenvalue weighted by Crippen LogP contribution is 2.52. The molecule has 0 aromatic carbocycles. The molecule has 3 rings (SSSR count). The van der Waals surface area contributed by atoms with Crippen molar-refractivity contribution in [1.82, 2.24) is 4.90 Å². The van der Waals surface area contributed by atoms with E-state index in [1.165, 1.54) is 5.57 Å². The van der Waals surface area contributed by atoms with Gasteiger partial charge in [0, 0.05) is 12.6 Å². The third-order valence-electron chi connectivity index (χ3n) is 6.50. The summed E-state index contributed by atoms with van der Waals surface area (Å²) in [5.41, 5.74) is 4.77. The second-order valence-electron chi connectivity index (χ2n) is 8.56. The van der Waals surface area contributed by atoms with Crippen LogP contribution in [0.3, 0.4) is 0 Å². The predicted molar refractivity (Wildman–Crippen MR) is 97.5 cm³/mol. The van der Waals surface area contributed by atoms with Gasteiger partial charge >= 0.3 is 0 Å². The van der Waals surface area contributed by atoms with Crippen LogP contribution in [0.5, 0.6) is 0 Å². The van der Waals surface area contributed by atoms with Crippen LogP contribution in [0.4, 0.5) is 0 Å². The van der Waals surface area contributed by atoms with Crippen molar-refractivity contribution in [2.45, 2.75) is 71.4 Å². The van der Waals surface area contributed by atoms with Crippen LogP contribution < -0.4 is 0 Å². The number of carbonyl (C=O) groups is 1. The number of nitrogens with zero attached hydrogens (tertiary/aromatic N) is 1. The molecule has 0 aromatic rings. The number of amides is 1. The molecule has 3 atom stereocenters. The standard InChI is InChI=1S/C21H31NO2/c1-13-6-7-15-8-9-17-19(21(15,3)4)18(22(5)20(17)24)12-14(2)11-16(23)10-13/h11,15-16,18,23H,1,6-10,12H2,2-5H3/b14-11+/t15-,16+,18-/m1/s1. The Bertz CT molecular complexity index is 626. The molecule has 24 heavy (non-hydrogen) atoms. The van der Waals surface area contributed by atoms with Crippen molar-refractivity contribution in [3.05, 3.63) is 34.9 Å². The fourth-order valence-electron chi connectivity index (χ4n) is 5.10. The van der Waals surface area contributed by atoms with Crippen LogP contribution in [0.1, 0.15) is 59.3 Å². The van der Waals surface area contributed by atoms with Crippen molar-refractivity contribution in [2.24, 2.45) is 11.3 Å². The highest BCUT2D eigenvalue weighted by Gasteiger charge is 2.48. The molecule has 1 amide bonds. The predicted octanol–water partition coefficient (Wildman–Crippen LogP) is 4.00. The third kappa shape index (κ3) is 2.88. The lowest BCUT2D eigenvalue weighted by molar-refractivity contribution is -0.125. The van der Waals surface area contributed by atoms with Gasteiger partial charge in [-0.25, -0.2) is 0 Å². The minimum Gasteiger partial charge on any atom is -0.389 e. The third-order valence-corrected chi connectivity index (χ3v) is 6.50. The van der Waals surface area contributed by atoms with E-state index in [4.69, 9.17) is 0 Å². The molecule has 3 aliphatic rings. The quantitative estimate of drug-likeness (QED) is 0.683. The van der Waals surface area contributed by atoms with E-state index in [0.717, 1.165) is 48.8 Å². The van der Waals surface area contributed by atoms with Crippen molar-refractivity contribution in [3.8, 4) is 0 Å². The number of likely N-dealkylation sites (N-methyl/N-ethyl adjacent to an activating group) is 1. The van der Waals surface area contributed by atoms with Crippen LogP contribution in [0.15, 0.2) is 34.9 Å². The van der Waals surface area contributed by atoms with Crippen LogP contribution >= 0.6 is 0 Å². The molecule has 0 unspecified atom stereocenters. The van der Waals surface area contributed by atoms with Gasteiger partial charge in [0.05, 0.1) is 12.1 Å². The topological polar surface area (TPSA) is 40.5 Å². The number of hydrogen-bond donors (Lipinski definition) is 1. The number of carbonyl (C=O) groups excluding carboxylic acids is 1. The Morgan fingerprint density at radius 1 is 1.25 bits per heavy atom. The molecule has 0 spiro atoms. The van der Waals surface area contributed by atoms with E-state index in [-0.39, 0.29) is 17.4 Å². The molecule has 2 aliphatic carbocycles. The summed E-state index contributed by atoms with van der Waals surface area (Å²) in [6, 6.07) is 0.149. The molecular weight excluding hydrogens is 298 g/mol. The number of aliphatic hydroxyl groups is 1. The lowest BCUT2D eigenvalue weighted by Gasteiger charge is -2.43. The zero-order chi connectivity index (χ0) is 17.6. The summed E-state index contributed by atoms with van der Waals surface area (Å²) in [6.45, 7) is 10.9. The van der Waals surface area contributed by atoms with Gasteiger partial charge in [-0.05, 0) is 62.4 Å². The van der Waals surface area contributed by atoms with Crippen molar-refractivity contribution in [1.29, 1.82) is 0 Å². The van der Waals surface area contributed by atoms with Gasteiger partial charge in [-0.2, -0.15) is 0 Å². The van der Waals surface area contributed by atoms with Gasteiger partial charge in [0.2, 0.25) is 5.91 Å². The van der Waals surface area contributed by atoms with Crippen molar-refractivity contribution >= 4 is 5.91 Å². The smallest absolute Gasteiger partial charge is 0.250 e. The summed E-state index contributed by atoms with van der Waals surface area (Å²) in [5, 5.41) is 10.3. The van der Waals surface area contributed by atoms with Crippen molar-refractivity contribution < 1.29 is 9.90 Å². The molecule has 0 fully saturated rings. The highest BCUT2D eigenvalue weighted by atomic mass is 16.3. The molecular formula is C21H31NO2. The Labute approximate surface area is 146 Å². The first-order chi connectivity index (χ1) is 11.2. The Morgan fingerprint density at radius 3 is 2.62 bits per heavy atom. The number of hydrogen-bond acceptors (Lipinski definition) is 2. The second kappa shape index (κ2) is 6.18. The van der Waals surface area contributed by atoms with E-state index in [0.29, 0.717) is 12.3 Å². The van der Waals surface area contributed by atoms with E-state index in [9.17, 15) is 9.90 Å². The molecule has 3 heteroatoms. The average molecular weight is 329 g/mol. The van der Waals surface area contributed by atoms with E-state index >= 15 is 0 Å². The summed E-state index contributed by atoms with van der Waals surface area (Å²) >= 11 is 0. The van der Waals surface area contributed by atoms with Crippen LogP contribution in [-0.4, -0.2) is 35.1 Å². The Balaban J connectivity index is 2.05. The maximum Gasteiger partial charge on any atom is 0.250 e. The molecule has 0 aromatic heterocycles. The van der Waals surface area contributed by atoms with Crippen LogP contribution in [0.25, 0.3) is 0 Å². The molecule has 0 saturated carbocycles. The molecule has 0 saturated heterocycles. The molecule has 132 valence electrons. The fraction of sp³-hybridized carbons (Fsp3) is 0.667. The van der Waals surface area contributed by atoms with Gasteiger partial charge in [-0.15, -0.1) is 0 Å². The van der Waals surface area contributed by atoms with E-state index < -0.39 is 6.10 Å². The Hall–Kier alpha value is -1.35. The fourth-order valence-corrected chi connectivity index (χ4v) is 5.10. The zero-order valence-electron chi connectivity index (χ0n) is 15.6. The van der Waals surface area contributed by atoms with E-state index in [1.807, 2.05) is 18.0 Å². The first-order valence-corrected chi connectivity index (χ1v) is 9.24. The first-order valence-electron chi connectivity index (χ1n) is 9.24. The molecule has 0 radical (unpaired) electrons. The molecule has 2 bridgehead atoms. The summed E-state index contributed by atoms with van der Waals surface area (Å²) in [7, 11) is 1.94. The van der Waals surface area contributed by atoms with Gasteiger partial charge in [0.25, 0.3) is 0 Å². The van der Waals surface area contributed by atoms with E-state index in [1.54, 1.807) is 0 Å². The maximum absolute atomic E-state index is 12.8. The largest absolute Gasteiger partial charge is 0.389 e. The monoisotopic (exact) mass is 329 g/mol. The molecule has 3 nitrogen and oxygen atoms in total. The van der Waals surface area contributed by atoms with Gasteiger partial charge in [-0.3, -0.25) is 4.79 Å². The molecule has 1 aliphatic heterocycles. The van der Waals surface area contributed by atoms with Crippen molar-refractivity contribution in [3.63, 3.8) is 0 Å². The lowest BCUT2D eigenvalue weighted by Crippen LogP contribution is -2.38. The van der Waals surface area contributed by atoms with Gasteiger partial charge in [0.1, 0.15) is 0 Å².